The van der Waals surface area contributed by atoms with Crippen LogP contribution in [0.15, 0.2) is 28.8 Å². The number of hydrogen-bond donors (Lipinski definition) is 1. The summed E-state index contributed by atoms with van der Waals surface area (Å²) in [5.74, 6) is 0.897. The van der Waals surface area contributed by atoms with Gasteiger partial charge in [0.1, 0.15) is 5.76 Å². The number of hydrogen-bond acceptors (Lipinski definition) is 3. The van der Waals surface area contributed by atoms with Gasteiger partial charge >= 0.3 is 0 Å². The van der Waals surface area contributed by atoms with Crippen molar-refractivity contribution < 1.29 is 9.32 Å². The van der Waals surface area contributed by atoms with Crippen molar-refractivity contribution in [2.24, 2.45) is 0 Å². The van der Waals surface area contributed by atoms with Crippen molar-refractivity contribution in [2.75, 3.05) is 6.54 Å². The zero-order chi connectivity index (χ0) is 15.9. The van der Waals surface area contributed by atoms with E-state index < -0.39 is 0 Å². The Balaban J connectivity index is 1.95. The van der Waals surface area contributed by atoms with Gasteiger partial charge in [0.25, 0.3) is 0 Å². The lowest BCUT2D eigenvalue weighted by molar-refractivity contribution is -0.120. The third-order valence-corrected chi connectivity index (χ3v) is 3.82. The minimum absolute atomic E-state index is 0.0806. The molecule has 22 heavy (non-hydrogen) atoms. The standard InChI is InChI=1S/C17H21ClN2O2/c1-3-19-17(21)9-5-13-4-8-16(18)14(11-13)6-7-15-10-12(2)22-20-15/h4,8,10-11H,3,5-7,9H2,1-2H3,(H,19,21). The summed E-state index contributed by atoms with van der Waals surface area (Å²) in [4.78, 5) is 11.5. The average Bonchev–Trinajstić information content (AvgIpc) is 2.91. The highest BCUT2D eigenvalue weighted by atomic mass is 35.5. The van der Waals surface area contributed by atoms with Gasteiger partial charge in [-0.1, -0.05) is 28.9 Å². The van der Waals surface area contributed by atoms with E-state index in [1.54, 1.807) is 0 Å². The highest BCUT2D eigenvalue weighted by molar-refractivity contribution is 6.31. The molecular weight excluding hydrogens is 300 g/mol. The van der Waals surface area contributed by atoms with E-state index in [1.165, 1.54) is 0 Å². The van der Waals surface area contributed by atoms with Crippen molar-refractivity contribution >= 4 is 17.5 Å². The van der Waals surface area contributed by atoms with Crippen molar-refractivity contribution in [1.82, 2.24) is 10.5 Å². The van der Waals surface area contributed by atoms with Gasteiger partial charge in [-0.2, -0.15) is 0 Å². The van der Waals surface area contributed by atoms with E-state index in [2.05, 4.69) is 16.5 Å². The molecule has 0 atom stereocenters. The third-order valence-electron chi connectivity index (χ3n) is 3.45. The Morgan fingerprint density at radius 3 is 2.77 bits per heavy atom. The predicted octanol–water partition coefficient (Wildman–Crippen LogP) is 3.49. The third kappa shape index (κ3) is 4.88. The van der Waals surface area contributed by atoms with Crippen molar-refractivity contribution in [3.05, 3.63) is 51.9 Å². The van der Waals surface area contributed by atoms with Crippen molar-refractivity contribution in [1.29, 1.82) is 0 Å². The van der Waals surface area contributed by atoms with E-state index in [4.69, 9.17) is 16.1 Å². The Kier molecular flexibility index (Phi) is 6.01. The molecule has 2 aromatic rings. The molecule has 5 heteroatoms. The molecule has 0 aliphatic rings. The van der Waals surface area contributed by atoms with Gasteiger partial charge in [-0.3, -0.25) is 4.79 Å². The summed E-state index contributed by atoms with van der Waals surface area (Å²) >= 11 is 6.26. The zero-order valence-electron chi connectivity index (χ0n) is 13.0. The van der Waals surface area contributed by atoms with Crippen LogP contribution in [0.2, 0.25) is 5.02 Å². The maximum absolute atomic E-state index is 11.5. The Labute approximate surface area is 135 Å². The van der Waals surface area contributed by atoms with Crippen LogP contribution in [0.1, 0.15) is 35.9 Å². The maximum Gasteiger partial charge on any atom is 0.220 e. The van der Waals surface area contributed by atoms with E-state index in [-0.39, 0.29) is 5.91 Å². The highest BCUT2D eigenvalue weighted by Crippen LogP contribution is 2.20. The molecule has 0 spiro atoms. The first-order chi connectivity index (χ1) is 10.6. The molecule has 2 rings (SSSR count). The lowest BCUT2D eigenvalue weighted by Crippen LogP contribution is -2.22. The molecule has 0 bridgehead atoms. The van der Waals surface area contributed by atoms with Crippen LogP contribution in [0.4, 0.5) is 0 Å². The fraction of sp³-hybridized carbons (Fsp3) is 0.412. The highest BCUT2D eigenvalue weighted by Gasteiger charge is 2.07. The van der Waals surface area contributed by atoms with Gasteiger partial charge < -0.3 is 9.84 Å². The first-order valence-corrected chi connectivity index (χ1v) is 7.92. The Hall–Kier alpha value is -1.81. The van der Waals surface area contributed by atoms with Gasteiger partial charge in [0.05, 0.1) is 5.69 Å². The average molecular weight is 321 g/mol. The molecular formula is C17H21ClN2O2. The van der Waals surface area contributed by atoms with Crippen LogP contribution in [-0.2, 0) is 24.1 Å². The zero-order valence-corrected chi connectivity index (χ0v) is 13.7. The van der Waals surface area contributed by atoms with Crippen LogP contribution in [0.5, 0.6) is 0 Å². The number of rotatable bonds is 7. The lowest BCUT2D eigenvalue weighted by Gasteiger charge is -2.07. The molecule has 0 saturated heterocycles. The molecule has 1 aromatic heterocycles. The topological polar surface area (TPSA) is 55.1 Å². The molecule has 0 saturated carbocycles. The van der Waals surface area contributed by atoms with Crippen LogP contribution in [0.25, 0.3) is 0 Å². The predicted molar refractivity (Wildman–Crippen MR) is 87.1 cm³/mol. The van der Waals surface area contributed by atoms with Gasteiger partial charge in [0.2, 0.25) is 5.91 Å². The molecule has 4 nitrogen and oxygen atoms in total. The van der Waals surface area contributed by atoms with Gasteiger partial charge in [-0.15, -0.1) is 0 Å². The Morgan fingerprint density at radius 2 is 2.09 bits per heavy atom. The van der Waals surface area contributed by atoms with Crippen LogP contribution in [-0.4, -0.2) is 17.6 Å². The van der Waals surface area contributed by atoms with E-state index in [0.29, 0.717) is 13.0 Å². The number of carbonyl (C=O) groups is 1. The van der Waals surface area contributed by atoms with Crippen LogP contribution < -0.4 is 5.32 Å². The monoisotopic (exact) mass is 320 g/mol. The van der Waals surface area contributed by atoms with Gasteiger partial charge in [0.15, 0.2) is 0 Å². The number of halogens is 1. The second-order valence-electron chi connectivity index (χ2n) is 5.31. The maximum atomic E-state index is 11.5. The Bertz CT molecular complexity index is 637. The summed E-state index contributed by atoms with van der Waals surface area (Å²) in [6, 6.07) is 7.89. The first-order valence-electron chi connectivity index (χ1n) is 7.54. The summed E-state index contributed by atoms with van der Waals surface area (Å²) in [5.41, 5.74) is 3.14. The molecule has 118 valence electrons. The summed E-state index contributed by atoms with van der Waals surface area (Å²) in [6.45, 7) is 4.47. The molecule has 0 fully saturated rings. The number of benzene rings is 1. The lowest BCUT2D eigenvalue weighted by atomic mass is 10.0. The molecule has 0 aliphatic heterocycles. The summed E-state index contributed by atoms with van der Waals surface area (Å²) in [6.07, 6.45) is 2.81. The van der Waals surface area contributed by atoms with Crippen LogP contribution >= 0.6 is 11.6 Å². The molecule has 1 amide bonds. The van der Waals surface area contributed by atoms with Gasteiger partial charge in [-0.25, -0.2) is 0 Å². The second kappa shape index (κ2) is 7.99. The molecule has 0 aliphatic carbocycles. The Morgan fingerprint density at radius 1 is 1.27 bits per heavy atom. The van der Waals surface area contributed by atoms with E-state index in [9.17, 15) is 4.79 Å². The fourth-order valence-corrected chi connectivity index (χ4v) is 2.53. The van der Waals surface area contributed by atoms with Crippen LogP contribution in [0, 0.1) is 6.92 Å². The van der Waals surface area contributed by atoms with E-state index >= 15 is 0 Å². The van der Waals surface area contributed by atoms with E-state index in [0.717, 1.165) is 46.9 Å². The van der Waals surface area contributed by atoms with Crippen molar-refractivity contribution in [3.8, 4) is 0 Å². The van der Waals surface area contributed by atoms with Crippen molar-refractivity contribution in [2.45, 2.75) is 39.5 Å². The minimum Gasteiger partial charge on any atom is -0.361 e. The van der Waals surface area contributed by atoms with Gasteiger partial charge in [0, 0.05) is 24.1 Å². The molecule has 1 aromatic carbocycles. The summed E-state index contributed by atoms with van der Waals surface area (Å²) < 4.78 is 5.07. The largest absolute Gasteiger partial charge is 0.361 e. The van der Waals surface area contributed by atoms with Crippen LogP contribution in [0.3, 0.4) is 0 Å². The molecule has 0 unspecified atom stereocenters. The number of carbonyl (C=O) groups excluding carboxylic acids is 1. The number of amides is 1. The normalized spacial score (nSPS) is 10.7. The van der Waals surface area contributed by atoms with Gasteiger partial charge in [-0.05, 0) is 50.3 Å². The second-order valence-corrected chi connectivity index (χ2v) is 5.72. The van der Waals surface area contributed by atoms with E-state index in [1.807, 2.05) is 32.0 Å². The smallest absolute Gasteiger partial charge is 0.220 e. The number of nitrogens with zero attached hydrogens (tertiary/aromatic N) is 1. The number of nitrogens with one attached hydrogen (secondary N) is 1. The minimum atomic E-state index is 0.0806. The SMILES string of the molecule is CCNC(=O)CCc1ccc(Cl)c(CCc2cc(C)on2)c1. The molecule has 0 radical (unpaired) electrons. The number of aromatic nitrogens is 1. The molecule has 1 N–H and O–H groups in total. The molecule has 1 heterocycles. The first kappa shape index (κ1) is 16.6. The summed E-state index contributed by atoms with van der Waals surface area (Å²) in [5, 5.41) is 7.55. The van der Waals surface area contributed by atoms with Crippen molar-refractivity contribution in [3.63, 3.8) is 0 Å². The fourth-order valence-electron chi connectivity index (χ4n) is 2.32. The summed E-state index contributed by atoms with van der Waals surface area (Å²) in [7, 11) is 0. The number of aryl methyl sites for hydroxylation is 4. The quantitative estimate of drug-likeness (QED) is 0.849.